The monoisotopic (exact) mass is 113 g/mol. The van der Waals surface area contributed by atoms with E-state index in [1.54, 1.807) is 0 Å². The van der Waals surface area contributed by atoms with Crippen molar-refractivity contribution >= 4 is 23.9 Å². The molecule has 0 aliphatic heterocycles. The summed E-state index contributed by atoms with van der Waals surface area (Å²) in [6.07, 6.45) is 0.571. The minimum absolute atomic E-state index is 0.0220. The summed E-state index contributed by atoms with van der Waals surface area (Å²) in [5, 5.41) is 13.0. The fraction of sp³-hybridized carbons (Fsp3) is 0. The Morgan fingerprint density at radius 3 is 3.20 bits per heavy atom. The number of rotatable bonds is 0. The molecule has 0 radical (unpaired) electrons. The van der Waals surface area contributed by atoms with Crippen LogP contribution in [-0.4, -0.2) is 13.8 Å². The third-order valence-electron chi connectivity index (χ3n) is 0.108. The quantitative estimate of drug-likeness (QED) is 0.210. The fourth-order valence-electron chi connectivity index (χ4n) is 0. The molecule has 3 N–H and O–H groups in total. The van der Waals surface area contributed by atoms with E-state index >= 15 is 0 Å². The van der Waals surface area contributed by atoms with Crippen molar-refractivity contribution < 1.29 is 5.02 Å². The Bertz CT molecular complexity index is 137. The molecule has 0 fully saturated rings. The van der Waals surface area contributed by atoms with Crippen LogP contribution in [0.2, 0.25) is 0 Å². The number of hydrogen-bond acceptors (Lipinski definition) is 0. The molecule has 2 nitrogen and oxygen atoms in total. The molecule has 0 saturated heterocycles. The van der Waals surface area contributed by atoms with Crippen molar-refractivity contribution in [3.63, 3.8) is 0 Å². The molecule has 0 spiro atoms. The van der Waals surface area contributed by atoms with Crippen LogP contribution >= 0.6 is 7.96 Å². The third-order valence-corrected chi connectivity index (χ3v) is 0.607. The first-order valence-corrected chi connectivity index (χ1v) is 3.32. The predicted octanol–water partition coefficient (Wildman–Crippen LogP) is -1.21. The summed E-state index contributed by atoms with van der Waals surface area (Å²) >= 11 is 0. The van der Waals surface area contributed by atoms with Crippen molar-refractivity contribution in [3.05, 3.63) is 0 Å². The van der Waals surface area contributed by atoms with Gasteiger partial charge in [0.25, 0.3) is 0 Å². The van der Waals surface area contributed by atoms with Gasteiger partial charge in [0.2, 0.25) is 0 Å². The Morgan fingerprint density at radius 2 is 3.20 bits per heavy atom. The Balaban J connectivity index is 4.51. The zero-order valence-corrected chi connectivity index (χ0v) is 4.17. The molecule has 0 aromatic heterocycles. The van der Waals surface area contributed by atoms with Gasteiger partial charge in [-0.3, -0.25) is 0 Å². The van der Waals surface area contributed by atoms with Crippen LogP contribution in [0.3, 0.4) is 0 Å². The van der Waals surface area contributed by atoms with E-state index in [0.717, 1.165) is 0 Å². The summed E-state index contributed by atoms with van der Waals surface area (Å²) in [7, 11) is -2.36. The van der Waals surface area contributed by atoms with Crippen LogP contribution < -0.4 is 5.14 Å². The molecule has 0 aromatic rings. The first-order chi connectivity index (χ1) is 3.12. The van der Waals surface area contributed by atoms with Crippen molar-refractivity contribution in [1.29, 1.82) is 2.40 Å². The summed E-state index contributed by atoms with van der Waals surface area (Å²) in [5.74, 6) is 0. The number of hydrogen-bond donors (Lipinski definition) is 3. The van der Waals surface area contributed by atoms with Gasteiger partial charge in [0.05, 0.1) is 0 Å². The molecule has 0 amide bonds. The summed E-state index contributed by atoms with van der Waals surface area (Å²) in [6, 6.07) is 0. The van der Waals surface area contributed by atoms with E-state index in [-0.39, 0.29) is 7.96 Å². The molecule has 1 atom stereocenters. The summed E-state index contributed by atoms with van der Waals surface area (Å²) < 4.78 is 13.3. The second-order valence-corrected chi connectivity index (χ2v) is 2.62. The topological polar surface area (TPSA) is 46.2 Å². The molecule has 30 valence electrons. The predicted molar refractivity (Wildman–Crippen MR) is 29.2 cm³/mol. The van der Waals surface area contributed by atoms with Crippen molar-refractivity contribution in [2.75, 3.05) is 0 Å². The molecule has 0 saturated carbocycles. The van der Waals surface area contributed by atoms with Crippen LogP contribution in [0.15, 0.2) is 0 Å². The molecular formula is H5BNOPS. The van der Waals surface area contributed by atoms with Gasteiger partial charge in [-0.1, -0.05) is 0 Å². The fourth-order valence-corrected chi connectivity index (χ4v) is 0. The second kappa shape index (κ2) is 2.85. The SMILES string of the molecule is [3H]P=S([3H])(N)=BO. The van der Waals surface area contributed by atoms with Gasteiger partial charge < -0.3 is 0 Å². The number of nitrogens with two attached hydrogens (primary N) is 1. The van der Waals surface area contributed by atoms with Crippen LogP contribution in [0, 0.1) is 0 Å². The van der Waals surface area contributed by atoms with Gasteiger partial charge in [-0.05, 0) is 0 Å². The van der Waals surface area contributed by atoms with E-state index < -0.39 is 9.59 Å². The molecule has 0 bridgehead atoms. The van der Waals surface area contributed by atoms with E-state index in [1.165, 1.54) is 0 Å². The molecule has 5 heavy (non-hydrogen) atoms. The molecule has 0 rings (SSSR count). The van der Waals surface area contributed by atoms with Gasteiger partial charge in [-0.25, -0.2) is 0 Å². The third kappa shape index (κ3) is 4.63. The van der Waals surface area contributed by atoms with Crippen LogP contribution in [-0.2, 0) is 9.59 Å². The zero-order chi connectivity index (χ0) is 5.91. The van der Waals surface area contributed by atoms with Crippen molar-refractivity contribution in [2.24, 2.45) is 5.14 Å². The molecular weight excluding hydrogens is 104 g/mol. The molecule has 0 aliphatic rings. The molecule has 0 aliphatic carbocycles. The van der Waals surface area contributed by atoms with Gasteiger partial charge in [0.15, 0.2) is 0 Å². The zero-order valence-electron chi connectivity index (χ0n) is 4.46. The van der Waals surface area contributed by atoms with Crippen molar-refractivity contribution in [1.82, 2.24) is 0 Å². The number of thiol groups is 1. The first-order valence-electron chi connectivity index (χ1n) is 1.77. The van der Waals surface area contributed by atoms with E-state index in [0.29, 0.717) is 6.36 Å². The molecule has 5 heteroatoms. The van der Waals surface area contributed by atoms with Crippen molar-refractivity contribution in [3.8, 4) is 0 Å². The van der Waals surface area contributed by atoms with E-state index in [4.69, 9.17) is 12.6 Å². The Morgan fingerprint density at radius 1 is 2.60 bits per heavy atom. The summed E-state index contributed by atoms with van der Waals surface area (Å²) in [5.41, 5.74) is 0. The molecule has 0 heterocycles. The second-order valence-electron chi connectivity index (χ2n) is 0.452. The van der Waals surface area contributed by atoms with Crippen LogP contribution in [0.5, 0.6) is 0 Å². The maximum absolute atomic E-state index is 8.07. The van der Waals surface area contributed by atoms with Gasteiger partial charge >= 0.3 is 36.5 Å². The Hall–Kier alpha value is 0.635. The Kier molecular flexibility index (Phi) is 1.57. The van der Waals surface area contributed by atoms with E-state index in [9.17, 15) is 0 Å². The average Bonchev–Trinajstić information content (AvgIpc) is 1.68. The minimum atomic E-state index is -2.34. The van der Waals surface area contributed by atoms with Gasteiger partial charge in [-0.15, -0.1) is 0 Å². The van der Waals surface area contributed by atoms with Gasteiger partial charge in [0, 0.05) is 0 Å². The van der Waals surface area contributed by atoms with E-state index in [2.05, 4.69) is 0 Å². The van der Waals surface area contributed by atoms with Gasteiger partial charge in [-0.2, -0.15) is 0 Å². The maximum atomic E-state index is 8.07. The summed E-state index contributed by atoms with van der Waals surface area (Å²) in [4.78, 5) is 0. The normalized spacial score (nSPS) is 26.0. The summed E-state index contributed by atoms with van der Waals surface area (Å²) in [6.45, 7) is 0. The first kappa shape index (κ1) is 2.75. The van der Waals surface area contributed by atoms with Gasteiger partial charge in [0.1, 0.15) is 0 Å². The van der Waals surface area contributed by atoms with Crippen LogP contribution in [0.1, 0.15) is 0 Å². The standard InChI is InChI=1S/BH5NOPS/c2-5(4)1-3/h3-5H,2H2/i4T,5T. The molecule has 1 unspecified atom stereocenters. The van der Waals surface area contributed by atoms with Crippen LogP contribution in [0.25, 0.3) is 0 Å². The van der Waals surface area contributed by atoms with E-state index in [1.807, 2.05) is 0 Å². The van der Waals surface area contributed by atoms with Crippen LogP contribution in [0.4, 0.5) is 0 Å². The average molecular weight is 113 g/mol. The van der Waals surface area contributed by atoms with Crippen molar-refractivity contribution in [2.45, 2.75) is 0 Å². The molecule has 0 aromatic carbocycles. The Labute approximate surface area is 37.4 Å².